The molecule has 1 unspecified atom stereocenters. The lowest BCUT2D eigenvalue weighted by atomic mass is 10.2. The molecular weight excluding hydrogens is 282 g/mol. The molecule has 2 rings (SSSR count). The second kappa shape index (κ2) is 6.74. The molecule has 2 N–H and O–H groups in total. The van der Waals surface area contributed by atoms with E-state index in [0.717, 1.165) is 29.9 Å². The molecule has 0 aliphatic carbocycles. The molecule has 1 saturated heterocycles. The van der Waals surface area contributed by atoms with Gasteiger partial charge in [-0.25, -0.2) is 13.1 Å². The SMILES string of the molecule is O=S(=O)(NC1CCCSC1)c1ccc(CCO)cc1. The largest absolute Gasteiger partial charge is 0.396 e. The van der Waals surface area contributed by atoms with Crippen molar-refractivity contribution < 1.29 is 13.5 Å². The van der Waals surface area contributed by atoms with Gasteiger partial charge in [0.05, 0.1) is 4.90 Å². The molecule has 1 fully saturated rings. The fourth-order valence-corrected chi connectivity index (χ4v) is 4.53. The van der Waals surface area contributed by atoms with Crippen molar-refractivity contribution >= 4 is 21.8 Å². The van der Waals surface area contributed by atoms with Crippen molar-refractivity contribution in [3.05, 3.63) is 29.8 Å². The molecule has 1 aromatic carbocycles. The number of hydrogen-bond acceptors (Lipinski definition) is 4. The van der Waals surface area contributed by atoms with E-state index in [1.807, 2.05) is 0 Å². The number of sulfonamides is 1. The van der Waals surface area contributed by atoms with Gasteiger partial charge in [0.1, 0.15) is 0 Å². The first-order valence-electron chi connectivity index (χ1n) is 6.42. The van der Waals surface area contributed by atoms with Gasteiger partial charge < -0.3 is 5.11 Å². The summed E-state index contributed by atoms with van der Waals surface area (Å²) in [6.07, 6.45) is 2.52. The number of thioether (sulfide) groups is 1. The zero-order valence-electron chi connectivity index (χ0n) is 10.7. The predicted octanol–water partition coefficient (Wildman–Crippen LogP) is 1.40. The van der Waals surface area contributed by atoms with Gasteiger partial charge in [0.25, 0.3) is 0 Å². The van der Waals surface area contributed by atoms with Gasteiger partial charge >= 0.3 is 0 Å². The summed E-state index contributed by atoms with van der Waals surface area (Å²) < 4.78 is 27.2. The molecule has 1 atom stereocenters. The average molecular weight is 301 g/mol. The van der Waals surface area contributed by atoms with Crippen LogP contribution in [0.25, 0.3) is 0 Å². The highest BCUT2D eigenvalue weighted by Gasteiger charge is 2.21. The molecule has 0 radical (unpaired) electrons. The number of aliphatic hydroxyl groups excluding tert-OH is 1. The van der Waals surface area contributed by atoms with E-state index in [2.05, 4.69) is 4.72 Å². The zero-order chi connectivity index (χ0) is 13.7. The fraction of sp³-hybridized carbons (Fsp3) is 0.538. The standard InChI is InChI=1S/C13H19NO3S2/c15-8-7-11-3-5-13(6-4-11)19(16,17)14-12-2-1-9-18-10-12/h3-6,12,14-15H,1-2,7-10H2. The summed E-state index contributed by atoms with van der Waals surface area (Å²) in [5, 5.41) is 8.83. The molecule has 1 aliphatic heterocycles. The Labute approximate surface area is 118 Å². The summed E-state index contributed by atoms with van der Waals surface area (Å²) >= 11 is 1.79. The van der Waals surface area contributed by atoms with Crippen LogP contribution in [0.1, 0.15) is 18.4 Å². The molecule has 19 heavy (non-hydrogen) atoms. The number of benzene rings is 1. The second-order valence-electron chi connectivity index (χ2n) is 4.65. The first-order valence-corrected chi connectivity index (χ1v) is 9.05. The third-order valence-corrected chi connectivity index (χ3v) is 5.87. The second-order valence-corrected chi connectivity index (χ2v) is 7.52. The van der Waals surface area contributed by atoms with E-state index in [1.165, 1.54) is 0 Å². The third-order valence-electron chi connectivity index (χ3n) is 3.12. The number of rotatable bonds is 5. The van der Waals surface area contributed by atoms with Crippen molar-refractivity contribution in [1.29, 1.82) is 0 Å². The Kier molecular flexibility index (Phi) is 5.27. The Bertz CT molecular complexity index is 493. The molecule has 0 amide bonds. The highest BCUT2D eigenvalue weighted by molar-refractivity contribution is 7.99. The molecule has 4 nitrogen and oxygen atoms in total. The maximum atomic E-state index is 12.2. The predicted molar refractivity (Wildman–Crippen MR) is 77.9 cm³/mol. The van der Waals surface area contributed by atoms with Gasteiger partial charge in [0, 0.05) is 18.4 Å². The summed E-state index contributed by atoms with van der Waals surface area (Å²) in [7, 11) is -3.42. The van der Waals surface area contributed by atoms with E-state index in [4.69, 9.17) is 5.11 Å². The Hall–Kier alpha value is -0.560. The normalized spacial score (nSPS) is 20.4. The third kappa shape index (κ3) is 4.21. The summed E-state index contributed by atoms with van der Waals surface area (Å²) in [6, 6.07) is 6.74. The van der Waals surface area contributed by atoms with Crippen LogP contribution >= 0.6 is 11.8 Å². The minimum atomic E-state index is -3.42. The molecule has 106 valence electrons. The van der Waals surface area contributed by atoms with Gasteiger partial charge in [-0.3, -0.25) is 0 Å². The summed E-state index contributed by atoms with van der Waals surface area (Å²) in [4.78, 5) is 0.296. The topological polar surface area (TPSA) is 66.4 Å². The molecule has 1 aromatic rings. The molecule has 0 aromatic heterocycles. The summed E-state index contributed by atoms with van der Waals surface area (Å²) in [5.74, 6) is 1.97. The molecule has 0 saturated carbocycles. The first-order chi connectivity index (χ1) is 9.12. The van der Waals surface area contributed by atoms with E-state index in [-0.39, 0.29) is 12.6 Å². The van der Waals surface area contributed by atoms with E-state index < -0.39 is 10.0 Å². The van der Waals surface area contributed by atoms with E-state index in [9.17, 15) is 8.42 Å². The Balaban J connectivity index is 2.05. The van der Waals surface area contributed by atoms with Crippen LogP contribution in [0.4, 0.5) is 0 Å². The fourth-order valence-electron chi connectivity index (χ4n) is 2.09. The van der Waals surface area contributed by atoms with Crippen molar-refractivity contribution in [3.8, 4) is 0 Å². The number of aliphatic hydroxyl groups is 1. The first kappa shape index (κ1) is 14.8. The molecule has 6 heteroatoms. The van der Waals surface area contributed by atoms with E-state index in [1.54, 1.807) is 36.0 Å². The van der Waals surface area contributed by atoms with Gasteiger partial charge in [0.2, 0.25) is 10.0 Å². The lowest BCUT2D eigenvalue weighted by molar-refractivity contribution is 0.299. The van der Waals surface area contributed by atoms with Crippen LogP contribution in [-0.4, -0.2) is 37.7 Å². The van der Waals surface area contributed by atoms with Gasteiger partial charge in [-0.1, -0.05) is 12.1 Å². The smallest absolute Gasteiger partial charge is 0.240 e. The monoisotopic (exact) mass is 301 g/mol. The van der Waals surface area contributed by atoms with Crippen molar-refractivity contribution in [2.24, 2.45) is 0 Å². The van der Waals surface area contributed by atoms with Crippen LogP contribution in [0.2, 0.25) is 0 Å². The molecule has 0 spiro atoms. The maximum absolute atomic E-state index is 12.2. The quantitative estimate of drug-likeness (QED) is 0.862. The maximum Gasteiger partial charge on any atom is 0.240 e. The Morgan fingerprint density at radius 2 is 2.05 bits per heavy atom. The molecular formula is C13H19NO3S2. The van der Waals surface area contributed by atoms with Crippen molar-refractivity contribution in [3.63, 3.8) is 0 Å². The van der Waals surface area contributed by atoms with Crippen molar-refractivity contribution in [2.45, 2.75) is 30.2 Å². The molecule has 0 bridgehead atoms. The van der Waals surface area contributed by atoms with Crippen LogP contribution in [0, 0.1) is 0 Å². The summed E-state index contributed by atoms with van der Waals surface area (Å²) in [6.45, 7) is 0.0731. The van der Waals surface area contributed by atoms with Crippen LogP contribution in [0.5, 0.6) is 0 Å². The van der Waals surface area contributed by atoms with Gasteiger partial charge in [0.15, 0.2) is 0 Å². The highest BCUT2D eigenvalue weighted by Crippen LogP contribution is 2.19. The Morgan fingerprint density at radius 1 is 1.32 bits per heavy atom. The van der Waals surface area contributed by atoms with Crippen LogP contribution in [-0.2, 0) is 16.4 Å². The lowest BCUT2D eigenvalue weighted by Crippen LogP contribution is -2.38. The minimum absolute atomic E-state index is 0.0425. The van der Waals surface area contributed by atoms with E-state index in [0.29, 0.717) is 11.3 Å². The molecule has 1 heterocycles. The van der Waals surface area contributed by atoms with Gasteiger partial charge in [-0.2, -0.15) is 11.8 Å². The van der Waals surface area contributed by atoms with Gasteiger partial charge in [-0.15, -0.1) is 0 Å². The average Bonchev–Trinajstić information content (AvgIpc) is 2.40. The van der Waals surface area contributed by atoms with Gasteiger partial charge in [-0.05, 0) is 42.7 Å². The lowest BCUT2D eigenvalue weighted by Gasteiger charge is -2.22. The summed E-state index contributed by atoms with van der Waals surface area (Å²) in [5.41, 5.74) is 0.940. The van der Waals surface area contributed by atoms with Crippen LogP contribution in [0.3, 0.4) is 0 Å². The molecule has 1 aliphatic rings. The van der Waals surface area contributed by atoms with Crippen molar-refractivity contribution in [1.82, 2.24) is 4.72 Å². The van der Waals surface area contributed by atoms with E-state index >= 15 is 0 Å². The van der Waals surface area contributed by atoms with Crippen LogP contribution in [0.15, 0.2) is 29.2 Å². The zero-order valence-corrected chi connectivity index (χ0v) is 12.3. The van der Waals surface area contributed by atoms with Crippen molar-refractivity contribution in [2.75, 3.05) is 18.1 Å². The number of nitrogens with one attached hydrogen (secondary N) is 1. The number of hydrogen-bond donors (Lipinski definition) is 2. The Morgan fingerprint density at radius 3 is 2.63 bits per heavy atom. The van der Waals surface area contributed by atoms with Crippen LogP contribution < -0.4 is 4.72 Å². The highest BCUT2D eigenvalue weighted by atomic mass is 32.2. The minimum Gasteiger partial charge on any atom is -0.396 e.